The fourth-order valence-electron chi connectivity index (χ4n) is 4.23. The van der Waals surface area contributed by atoms with Gasteiger partial charge >= 0.3 is 0 Å². The Hall–Kier alpha value is -0.467. The first-order valence-electron chi connectivity index (χ1n) is 16.2. The average Bonchev–Trinajstić information content (AvgIpc) is 3.03. The summed E-state index contributed by atoms with van der Waals surface area (Å²) >= 11 is 0. The monoisotopic (exact) mass is 718 g/mol. The van der Waals surface area contributed by atoms with Crippen LogP contribution in [-0.4, -0.2) is 92.9 Å². The number of hydrogen-bond acceptors (Lipinski definition) is 8. The minimum atomic E-state index is -0.658. The standard InChI is InChI=1S/2C9H19NO.2C8H17NO.2Co/c2*1-5-9(11,6-2)8(4)10-7-3;2*1-5-8(10,6-2)7(3)9-4;;/h2*11H,5-7H2,1-4H3;2*10H,5-6H2,1-4H3;;. The van der Waals surface area contributed by atoms with Crippen LogP contribution in [0.25, 0.3) is 0 Å². The molecule has 8 nitrogen and oxygen atoms in total. The van der Waals surface area contributed by atoms with Crippen LogP contribution in [0.5, 0.6) is 0 Å². The van der Waals surface area contributed by atoms with E-state index in [-0.39, 0.29) is 33.6 Å². The van der Waals surface area contributed by atoms with Crippen LogP contribution in [-0.2, 0) is 33.6 Å². The van der Waals surface area contributed by atoms with E-state index in [0.717, 1.165) is 87.3 Å². The smallest absolute Gasteiger partial charge is 0.101 e. The molecule has 0 aliphatic carbocycles. The molecule has 44 heavy (non-hydrogen) atoms. The Kier molecular flexibility index (Phi) is 38.0. The van der Waals surface area contributed by atoms with Crippen LogP contribution in [0.2, 0.25) is 0 Å². The van der Waals surface area contributed by atoms with Crippen molar-refractivity contribution in [3.8, 4) is 0 Å². The fourth-order valence-corrected chi connectivity index (χ4v) is 4.23. The fraction of sp³-hybridized carbons (Fsp3) is 0.882. The maximum Gasteiger partial charge on any atom is 0.101 e. The second kappa shape index (κ2) is 29.9. The summed E-state index contributed by atoms with van der Waals surface area (Å²) in [5.74, 6) is 0. The van der Waals surface area contributed by atoms with Crippen LogP contribution in [0.15, 0.2) is 20.0 Å². The van der Waals surface area contributed by atoms with Gasteiger partial charge in [-0.1, -0.05) is 55.4 Å². The largest absolute Gasteiger partial charge is 0.384 e. The molecule has 0 saturated heterocycles. The SMILES string of the molecule is CCC(O)(CC)C(C)=NC.CCC(O)(CC)C(C)=NC.CCN=C(C)C(O)(CC)CC.CCN=C(C)C(O)(CC)CC.[Co].[Co]. The molecule has 0 spiro atoms. The third-order valence-corrected chi connectivity index (χ3v) is 8.83. The maximum atomic E-state index is 9.90. The Bertz CT molecular complexity index is 733. The first kappa shape index (κ1) is 55.9. The van der Waals surface area contributed by atoms with Crippen molar-refractivity contribution in [1.29, 1.82) is 0 Å². The molecule has 4 N–H and O–H groups in total. The Labute approximate surface area is 293 Å². The molecule has 0 rings (SSSR count). The third-order valence-electron chi connectivity index (χ3n) is 8.83. The summed E-state index contributed by atoms with van der Waals surface area (Å²) in [5, 5.41) is 39.3. The topological polar surface area (TPSA) is 130 Å². The predicted molar refractivity (Wildman–Crippen MR) is 187 cm³/mol. The summed E-state index contributed by atoms with van der Waals surface area (Å²) in [4.78, 5) is 16.3. The zero-order valence-corrected chi connectivity index (χ0v) is 33.4. The summed E-state index contributed by atoms with van der Waals surface area (Å²) in [5.41, 5.74) is 0.764. The zero-order valence-electron chi connectivity index (χ0n) is 31.3. The van der Waals surface area contributed by atoms with Gasteiger partial charge in [0.2, 0.25) is 0 Å². The van der Waals surface area contributed by atoms with Crippen LogP contribution < -0.4 is 0 Å². The van der Waals surface area contributed by atoms with Crippen molar-refractivity contribution in [3.63, 3.8) is 0 Å². The van der Waals surface area contributed by atoms with E-state index >= 15 is 0 Å². The van der Waals surface area contributed by atoms with E-state index < -0.39 is 22.4 Å². The summed E-state index contributed by atoms with van der Waals surface area (Å²) in [7, 11) is 3.43. The van der Waals surface area contributed by atoms with Gasteiger partial charge in [-0.15, -0.1) is 0 Å². The zero-order chi connectivity index (χ0) is 34.2. The molecule has 0 bridgehead atoms. The molecule has 0 aromatic rings. The van der Waals surface area contributed by atoms with Crippen LogP contribution in [0.4, 0.5) is 0 Å². The van der Waals surface area contributed by atoms with Crippen molar-refractivity contribution in [3.05, 3.63) is 0 Å². The summed E-state index contributed by atoms with van der Waals surface area (Å²) in [6, 6.07) is 0. The summed E-state index contributed by atoms with van der Waals surface area (Å²) in [6.45, 7) is 28.8. The van der Waals surface area contributed by atoms with Crippen molar-refractivity contribution in [2.45, 2.75) is 171 Å². The normalized spacial score (nSPS) is 13.2. The Balaban J connectivity index is -0.000000108. The molecule has 0 amide bonds. The first-order chi connectivity index (χ1) is 19.4. The number of aliphatic imine (C=N–C) groups is 4. The number of aliphatic hydroxyl groups is 4. The molecular weight excluding hydrogens is 646 g/mol. The molecule has 10 heteroatoms. The molecule has 0 aromatic carbocycles. The van der Waals surface area contributed by atoms with Crippen LogP contribution in [0.3, 0.4) is 0 Å². The maximum absolute atomic E-state index is 9.90. The van der Waals surface area contributed by atoms with Crippen LogP contribution in [0.1, 0.15) is 148 Å². The van der Waals surface area contributed by atoms with Gasteiger partial charge in [-0.05, 0) is 92.9 Å². The molecular formula is C34H72Co2N4O4. The Morgan fingerprint density at radius 2 is 0.545 bits per heavy atom. The van der Waals surface area contributed by atoms with E-state index in [4.69, 9.17) is 0 Å². The predicted octanol–water partition coefficient (Wildman–Crippen LogP) is 7.29. The van der Waals surface area contributed by atoms with Gasteiger partial charge in [-0.25, -0.2) is 0 Å². The minimum absolute atomic E-state index is 0. The molecule has 0 saturated carbocycles. The van der Waals surface area contributed by atoms with E-state index in [9.17, 15) is 20.4 Å². The van der Waals surface area contributed by atoms with Gasteiger partial charge in [0.15, 0.2) is 0 Å². The van der Waals surface area contributed by atoms with E-state index in [0.29, 0.717) is 0 Å². The second-order valence-corrected chi connectivity index (χ2v) is 10.7. The molecule has 0 aliphatic rings. The van der Waals surface area contributed by atoms with E-state index in [1.54, 1.807) is 14.1 Å². The Morgan fingerprint density at radius 3 is 0.636 bits per heavy atom. The molecule has 0 aliphatic heterocycles. The Morgan fingerprint density at radius 1 is 0.386 bits per heavy atom. The van der Waals surface area contributed by atoms with Gasteiger partial charge in [-0.2, -0.15) is 0 Å². The molecule has 2 radical (unpaired) electrons. The second-order valence-electron chi connectivity index (χ2n) is 10.7. The van der Waals surface area contributed by atoms with E-state index in [1.165, 1.54) is 0 Å². The van der Waals surface area contributed by atoms with Gasteiger partial charge in [0.1, 0.15) is 22.4 Å². The summed E-state index contributed by atoms with van der Waals surface area (Å²) in [6.07, 6.45) is 5.97. The number of nitrogens with zero attached hydrogens (tertiary/aromatic N) is 4. The van der Waals surface area contributed by atoms with Crippen LogP contribution in [0, 0.1) is 0 Å². The molecule has 0 atom stereocenters. The van der Waals surface area contributed by atoms with Gasteiger partial charge < -0.3 is 20.4 Å². The first-order valence-corrected chi connectivity index (χ1v) is 16.2. The van der Waals surface area contributed by atoms with Gasteiger partial charge in [0, 0.05) is 83.6 Å². The molecule has 0 heterocycles. The summed E-state index contributed by atoms with van der Waals surface area (Å²) < 4.78 is 0. The quantitative estimate of drug-likeness (QED) is 0.141. The van der Waals surface area contributed by atoms with Gasteiger partial charge in [0.25, 0.3) is 0 Å². The molecule has 0 aromatic heterocycles. The average molecular weight is 719 g/mol. The molecule has 0 fully saturated rings. The number of rotatable bonds is 14. The third kappa shape index (κ3) is 20.6. The minimum Gasteiger partial charge on any atom is -0.384 e. The molecule has 0 unspecified atom stereocenters. The van der Waals surface area contributed by atoms with Gasteiger partial charge in [-0.3, -0.25) is 20.0 Å². The van der Waals surface area contributed by atoms with Crippen molar-refractivity contribution < 1.29 is 54.0 Å². The van der Waals surface area contributed by atoms with Crippen molar-refractivity contribution >= 4 is 22.8 Å². The van der Waals surface area contributed by atoms with Crippen LogP contribution >= 0.6 is 0 Å². The number of hydrogen-bond donors (Lipinski definition) is 4. The van der Waals surface area contributed by atoms with Crippen molar-refractivity contribution in [2.24, 2.45) is 20.0 Å². The van der Waals surface area contributed by atoms with Crippen molar-refractivity contribution in [1.82, 2.24) is 0 Å². The van der Waals surface area contributed by atoms with E-state index in [1.807, 2.05) is 96.9 Å². The van der Waals surface area contributed by atoms with E-state index in [2.05, 4.69) is 20.0 Å². The van der Waals surface area contributed by atoms with Crippen molar-refractivity contribution in [2.75, 3.05) is 27.2 Å². The van der Waals surface area contributed by atoms with Gasteiger partial charge in [0.05, 0.1) is 0 Å². The molecule has 270 valence electrons.